The Balaban J connectivity index is 4.34. The molecule has 0 amide bonds. The van der Waals surface area contributed by atoms with E-state index >= 15 is 0 Å². The maximum absolute atomic E-state index is 11.6. The normalized spacial score (nSPS) is 13.4. The molecule has 0 aliphatic rings. The Labute approximate surface area is 190 Å². The predicted molar refractivity (Wildman–Crippen MR) is 115 cm³/mol. The number of aliphatic hydroxyl groups excluding tert-OH is 3. The zero-order valence-electron chi connectivity index (χ0n) is 18.6. The van der Waals surface area contributed by atoms with E-state index in [1.807, 2.05) is 0 Å². The average molecular weight is 490 g/mol. The van der Waals surface area contributed by atoms with E-state index in [0.717, 1.165) is 6.20 Å². The van der Waals surface area contributed by atoms with Gasteiger partial charge < -0.3 is 44.2 Å². The van der Waals surface area contributed by atoms with Gasteiger partial charge in [0.1, 0.15) is 12.0 Å². The largest absolute Gasteiger partial charge is 0.613 e. The highest BCUT2D eigenvalue weighted by atomic mass is 32.2. The van der Waals surface area contributed by atoms with Crippen LogP contribution in [0.5, 0.6) is 0 Å². The quantitative estimate of drug-likeness (QED) is 0.0847. The van der Waals surface area contributed by atoms with E-state index < -0.39 is 19.9 Å². The molecule has 32 heavy (non-hydrogen) atoms. The van der Waals surface area contributed by atoms with Crippen LogP contribution in [0.2, 0.25) is 0 Å². The van der Waals surface area contributed by atoms with Gasteiger partial charge in [0, 0.05) is 6.61 Å². The van der Waals surface area contributed by atoms with Crippen LogP contribution < -0.4 is 4.47 Å². The molecule has 0 heterocycles. The molecule has 192 valence electrons. The van der Waals surface area contributed by atoms with E-state index in [1.54, 1.807) is 0 Å². The molecule has 0 aromatic heterocycles. The molecule has 0 aliphatic heterocycles. The van der Waals surface area contributed by atoms with Crippen LogP contribution in [0.25, 0.3) is 0 Å². The molecule has 0 spiro atoms. The molecule has 4 N–H and O–H groups in total. The maximum atomic E-state index is 11.6. The smallest absolute Gasteiger partial charge is 0.299 e. The Kier molecular flexibility index (Phi) is 19.3. The third-order valence-corrected chi connectivity index (χ3v) is 5.74. The van der Waals surface area contributed by atoms with E-state index in [0.29, 0.717) is 19.4 Å². The summed E-state index contributed by atoms with van der Waals surface area (Å²) in [6.07, 6.45) is 1.58. The van der Waals surface area contributed by atoms with Crippen molar-refractivity contribution >= 4 is 10.0 Å². The van der Waals surface area contributed by atoms with Gasteiger partial charge in [0.05, 0.1) is 84.7 Å². The number of quaternary nitrogens is 1. The Morgan fingerprint density at radius 1 is 0.750 bits per heavy atom. The van der Waals surface area contributed by atoms with E-state index in [9.17, 15) is 13.6 Å². The zero-order chi connectivity index (χ0) is 24.1. The summed E-state index contributed by atoms with van der Waals surface area (Å²) in [6.45, 7) is 4.78. The Morgan fingerprint density at radius 2 is 1.19 bits per heavy atom. The second-order valence-electron chi connectivity index (χ2n) is 7.04. The van der Waals surface area contributed by atoms with Crippen LogP contribution in [0.1, 0.15) is 12.8 Å². The lowest BCUT2D eigenvalue weighted by molar-refractivity contribution is -0.640. The summed E-state index contributed by atoms with van der Waals surface area (Å²) >= 11 is 0. The van der Waals surface area contributed by atoms with Gasteiger partial charge in [-0.25, -0.2) is 4.47 Å². The van der Waals surface area contributed by atoms with Gasteiger partial charge >= 0.3 is 0 Å². The summed E-state index contributed by atoms with van der Waals surface area (Å²) in [6, 6.07) is 0. The first-order valence-electron chi connectivity index (χ1n) is 10.5. The van der Waals surface area contributed by atoms with Crippen molar-refractivity contribution in [2.24, 2.45) is 5.41 Å². The minimum Gasteiger partial charge on any atom is -0.613 e. The number of sulfonamides is 1. The van der Waals surface area contributed by atoms with Crippen molar-refractivity contribution in [3.8, 4) is 0 Å². The number of unbranched alkanes of at least 4 members (excludes halogenated alkanes) is 1. The summed E-state index contributed by atoms with van der Waals surface area (Å²) < 4.78 is 49.6. The zero-order valence-corrected chi connectivity index (χ0v) is 19.4. The molecule has 0 aromatic rings. The fourth-order valence-electron chi connectivity index (χ4n) is 2.54. The molecule has 0 saturated heterocycles. The molecule has 0 saturated carbocycles. The van der Waals surface area contributed by atoms with Gasteiger partial charge in [-0.15, -0.1) is 0 Å². The molecular formula is C19H39NO11S. The lowest BCUT2D eigenvalue weighted by Crippen LogP contribution is -3.04. The summed E-state index contributed by atoms with van der Waals surface area (Å²) in [5.74, 6) is -0.240. The van der Waals surface area contributed by atoms with Crippen molar-refractivity contribution in [1.29, 1.82) is 0 Å². The second kappa shape index (κ2) is 19.7. The highest BCUT2D eigenvalue weighted by Crippen LogP contribution is 2.20. The van der Waals surface area contributed by atoms with Crippen molar-refractivity contribution in [3.05, 3.63) is 18.0 Å². The molecule has 0 radical (unpaired) electrons. The highest BCUT2D eigenvalue weighted by Gasteiger charge is 2.32. The van der Waals surface area contributed by atoms with Gasteiger partial charge in [-0.1, -0.05) is 0 Å². The maximum Gasteiger partial charge on any atom is 0.299 e. The molecule has 1 unspecified atom stereocenters. The van der Waals surface area contributed by atoms with Crippen LogP contribution in [-0.4, -0.2) is 115 Å². The first-order valence-corrected chi connectivity index (χ1v) is 12.1. The van der Waals surface area contributed by atoms with Crippen molar-refractivity contribution in [2.75, 3.05) is 91.6 Å². The molecule has 0 fully saturated rings. The third kappa shape index (κ3) is 15.2. The number of rotatable bonds is 24. The first-order chi connectivity index (χ1) is 15.4. The molecule has 1 atom stereocenters. The third-order valence-electron chi connectivity index (χ3n) is 4.14. The summed E-state index contributed by atoms with van der Waals surface area (Å²) in [4.78, 5) is 0. The summed E-state index contributed by atoms with van der Waals surface area (Å²) in [7, 11) is -3.78. The summed E-state index contributed by atoms with van der Waals surface area (Å²) in [5, 5.41) is 38.0. The number of aliphatic hydroxyl groups is 3. The standard InChI is InChI=1S/C19H39NO11S/c1-2-20(24)32(25,26)14-4-3-8-27-12-13-31-18-19(15-28-9-5-21,16-29-10-6-22)17-30-11-7-23/h2,20-23H,1,3-18H2. The first kappa shape index (κ1) is 31.3. The average Bonchev–Trinajstić information content (AvgIpc) is 2.77. The van der Waals surface area contributed by atoms with Crippen LogP contribution >= 0.6 is 0 Å². The number of hydrogen-bond acceptors (Lipinski definition) is 11. The van der Waals surface area contributed by atoms with Gasteiger partial charge in [-0.05, 0) is 19.4 Å². The van der Waals surface area contributed by atoms with E-state index in [2.05, 4.69) is 6.58 Å². The van der Waals surface area contributed by atoms with Crippen LogP contribution in [0, 0.1) is 10.6 Å². The van der Waals surface area contributed by atoms with Gasteiger partial charge in [-0.2, -0.15) is 8.42 Å². The van der Waals surface area contributed by atoms with Crippen LogP contribution in [0.15, 0.2) is 12.8 Å². The molecule has 12 nitrogen and oxygen atoms in total. The SMILES string of the molecule is C=C[NH+]([O-])S(=O)(=O)CCCCOCCOCC(COCCO)(COCCO)COCCO. The highest BCUT2D eigenvalue weighted by molar-refractivity contribution is 7.85. The number of nitrogens with one attached hydrogen (secondary N) is 1. The van der Waals surface area contributed by atoms with E-state index in [-0.39, 0.29) is 85.0 Å². The van der Waals surface area contributed by atoms with Gasteiger partial charge in [0.15, 0.2) is 0 Å². The number of hydroxylamine groups is 1. The van der Waals surface area contributed by atoms with Gasteiger partial charge in [0.25, 0.3) is 10.0 Å². The van der Waals surface area contributed by atoms with E-state index in [1.165, 1.54) is 0 Å². The minimum atomic E-state index is -3.78. The van der Waals surface area contributed by atoms with Crippen molar-refractivity contribution in [1.82, 2.24) is 0 Å². The second-order valence-corrected chi connectivity index (χ2v) is 9.08. The van der Waals surface area contributed by atoms with Crippen molar-refractivity contribution < 1.29 is 51.9 Å². The van der Waals surface area contributed by atoms with Gasteiger partial charge in [-0.3, -0.25) is 0 Å². The fourth-order valence-corrected chi connectivity index (χ4v) is 3.58. The lowest BCUT2D eigenvalue weighted by atomic mass is 9.92. The van der Waals surface area contributed by atoms with Crippen molar-refractivity contribution in [2.45, 2.75) is 12.8 Å². The van der Waals surface area contributed by atoms with Gasteiger partial charge in [0.2, 0.25) is 0 Å². The predicted octanol–water partition coefficient (Wildman–Crippen LogP) is -2.33. The Hall–Kier alpha value is -0.710. The molecule has 0 aromatic carbocycles. The summed E-state index contributed by atoms with van der Waals surface area (Å²) in [5.41, 5.74) is -0.703. The topological polar surface area (TPSA) is 168 Å². The Bertz CT molecular complexity index is 521. The molecule has 0 aliphatic carbocycles. The Morgan fingerprint density at radius 3 is 1.62 bits per heavy atom. The van der Waals surface area contributed by atoms with Crippen LogP contribution in [0.3, 0.4) is 0 Å². The monoisotopic (exact) mass is 489 g/mol. The number of ether oxygens (including phenoxy) is 5. The molecular weight excluding hydrogens is 450 g/mol. The van der Waals surface area contributed by atoms with Crippen LogP contribution in [0.4, 0.5) is 0 Å². The molecule has 0 bridgehead atoms. The minimum absolute atomic E-state index is 0.136. The fraction of sp³-hybridized carbons (Fsp3) is 0.895. The number of hydrogen-bond donors (Lipinski definition) is 4. The lowest BCUT2D eigenvalue weighted by Gasteiger charge is -2.32. The van der Waals surface area contributed by atoms with E-state index in [4.69, 9.17) is 39.0 Å². The van der Waals surface area contributed by atoms with Crippen LogP contribution in [-0.2, 0) is 33.7 Å². The molecule has 0 rings (SSSR count). The van der Waals surface area contributed by atoms with Crippen molar-refractivity contribution in [3.63, 3.8) is 0 Å². The molecule has 13 heteroatoms.